The number of aromatic nitrogens is 3. The fourth-order valence-electron chi connectivity index (χ4n) is 3.05. The van der Waals surface area contributed by atoms with E-state index in [4.69, 9.17) is 9.72 Å². The van der Waals surface area contributed by atoms with Crippen LogP contribution in [0, 0.1) is 6.92 Å². The van der Waals surface area contributed by atoms with Gasteiger partial charge in [0.15, 0.2) is 11.5 Å². The number of aromatic hydroxyl groups is 1. The van der Waals surface area contributed by atoms with E-state index in [9.17, 15) is 5.11 Å². The van der Waals surface area contributed by atoms with Crippen molar-refractivity contribution in [1.29, 1.82) is 0 Å². The SMILES string of the molecule is COc1ccc(/C=C(\c2nc(C)cs2)c2nc3ccccc3n2C)cc1O. The van der Waals surface area contributed by atoms with Gasteiger partial charge in [-0.25, -0.2) is 9.97 Å². The van der Waals surface area contributed by atoms with Gasteiger partial charge < -0.3 is 14.4 Å². The standard InChI is InChI=1S/C21H19N3O2S/c1-13-12-27-21(22-13)15(10-14-8-9-19(26-3)18(25)11-14)20-23-16-6-4-5-7-17(16)24(20)2/h4-12,25H,1-3H3/b15-10-. The largest absolute Gasteiger partial charge is 0.504 e. The van der Waals surface area contributed by atoms with Gasteiger partial charge >= 0.3 is 0 Å². The molecule has 0 atom stereocenters. The fourth-order valence-corrected chi connectivity index (χ4v) is 3.86. The molecular weight excluding hydrogens is 358 g/mol. The van der Waals surface area contributed by atoms with Crippen molar-refractivity contribution in [3.05, 3.63) is 69.9 Å². The lowest BCUT2D eigenvalue weighted by Crippen LogP contribution is -1.99. The Kier molecular flexibility index (Phi) is 4.41. The third kappa shape index (κ3) is 3.19. The van der Waals surface area contributed by atoms with E-state index in [-0.39, 0.29) is 5.75 Å². The monoisotopic (exact) mass is 377 g/mol. The summed E-state index contributed by atoms with van der Waals surface area (Å²) in [5.41, 5.74) is 4.73. The van der Waals surface area contributed by atoms with Gasteiger partial charge in [-0.1, -0.05) is 18.2 Å². The summed E-state index contributed by atoms with van der Waals surface area (Å²) in [5.74, 6) is 1.38. The van der Waals surface area contributed by atoms with Crippen LogP contribution in [0.4, 0.5) is 0 Å². The molecule has 0 bridgehead atoms. The van der Waals surface area contributed by atoms with Crippen LogP contribution in [-0.2, 0) is 7.05 Å². The molecule has 0 unspecified atom stereocenters. The van der Waals surface area contributed by atoms with Crippen LogP contribution in [0.15, 0.2) is 47.8 Å². The Labute approximate surface area is 161 Å². The lowest BCUT2D eigenvalue weighted by molar-refractivity contribution is 0.373. The molecule has 0 aliphatic carbocycles. The molecular formula is C21H19N3O2S. The lowest BCUT2D eigenvalue weighted by atomic mass is 10.1. The summed E-state index contributed by atoms with van der Waals surface area (Å²) < 4.78 is 7.21. The molecule has 2 aromatic heterocycles. The third-order valence-corrected chi connectivity index (χ3v) is 5.38. The molecule has 4 rings (SSSR count). The maximum atomic E-state index is 10.1. The summed E-state index contributed by atoms with van der Waals surface area (Å²) in [7, 11) is 3.54. The van der Waals surface area contributed by atoms with E-state index >= 15 is 0 Å². The number of imidazole rings is 1. The summed E-state index contributed by atoms with van der Waals surface area (Å²) in [6, 6.07) is 13.4. The number of benzene rings is 2. The maximum absolute atomic E-state index is 10.1. The normalized spacial score (nSPS) is 11.9. The van der Waals surface area contributed by atoms with Crippen molar-refractivity contribution >= 4 is 34.0 Å². The zero-order valence-electron chi connectivity index (χ0n) is 15.3. The summed E-state index contributed by atoms with van der Waals surface area (Å²) in [4.78, 5) is 9.49. The number of nitrogens with zero attached hydrogens (tertiary/aromatic N) is 3. The molecule has 5 nitrogen and oxygen atoms in total. The fraction of sp³-hybridized carbons (Fsp3) is 0.143. The van der Waals surface area contributed by atoms with Gasteiger partial charge in [-0.2, -0.15) is 0 Å². The van der Waals surface area contributed by atoms with Crippen molar-refractivity contribution in [3.8, 4) is 11.5 Å². The number of fused-ring (bicyclic) bond motifs is 1. The van der Waals surface area contributed by atoms with E-state index in [0.29, 0.717) is 5.75 Å². The molecule has 2 aromatic carbocycles. The molecule has 6 heteroatoms. The minimum Gasteiger partial charge on any atom is -0.504 e. The third-order valence-electron chi connectivity index (χ3n) is 4.39. The molecule has 0 saturated heterocycles. The number of ether oxygens (including phenoxy) is 1. The highest BCUT2D eigenvalue weighted by Gasteiger charge is 2.17. The van der Waals surface area contributed by atoms with Crippen LogP contribution in [0.1, 0.15) is 22.1 Å². The summed E-state index contributed by atoms with van der Waals surface area (Å²) in [6.07, 6.45) is 2.00. The Morgan fingerprint density at radius 2 is 2.00 bits per heavy atom. The molecule has 0 amide bonds. The van der Waals surface area contributed by atoms with E-state index in [1.165, 1.54) is 7.11 Å². The van der Waals surface area contributed by atoms with E-state index < -0.39 is 0 Å². The Morgan fingerprint density at radius 3 is 2.67 bits per heavy atom. The topological polar surface area (TPSA) is 60.2 Å². The summed E-state index contributed by atoms with van der Waals surface area (Å²) in [6.45, 7) is 1.98. The number of phenolic OH excluding ortho intramolecular Hbond substituents is 1. The molecule has 27 heavy (non-hydrogen) atoms. The molecule has 1 N–H and O–H groups in total. The van der Waals surface area contributed by atoms with E-state index in [2.05, 4.69) is 15.6 Å². The van der Waals surface area contributed by atoms with Gasteiger partial charge in [-0.15, -0.1) is 11.3 Å². The molecule has 136 valence electrons. The highest BCUT2D eigenvalue weighted by molar-refractivity contribution is 7.11. The smallest absolute Gasteiger partial charge is 0.160 e. The number of methoxy groups -OCH3 is 1. The first-order valence-corrected chi connectivity index (χ1v) is 9.38. The summed E-state index contributed by atoms with van der Waals surface area (Å²) in [5, 5.41) is 13.0. The quantitative estimate of drug-likeness (QED) is 0.563. The second-order valence-electron chi connectivity index (χ2n) is 6.27. The van der Waals surface area contributed by atoms with Crippen LogP contribution in [0.2, 0.25) is 0 Å². The van der Waals surface area contributed by atoms with Crippen molar-refractivity contribution in [1.82, 2.24) is 14.5 Å². The molecule has 0 spiro atoms. The van der Waals surface area contributed by atoms with Gasteiger partial charge in [0.25, 0.3) is 0 Å². The minimum absolute atomic E-state index is 0.103. The van der Waals surface area contributed by atoms with Gasteiger partial charge in [-0.05, 0) is 42.8 Å². The molecule has 0 fully saturated rings. The first kappa shape index (κ1) is 17.3. The van der Waals surface area contributed by atoms with Gasteiger partial charge in [0.2, 0.25) is 0 Å². The van der Waals surface area contributed by atoms with Crippen LogP contribution in [-0.4, -0.2) is 26.8 Å². The Hall–Kier alpha value is -3.12. The molecule has 0 aliphatic rings. The second kappa shape index (κ2) is 6.89. The second-order valence-corrected chi connectivity index (χ2v) is 7.12. The number of hydrogen-bond acceptors (Lipinski definition) is 5. The predicted octanol–water partition coefficient (Wildman–Crippen LogP) is 4.64. The van der Waals surface area contributed by atoms with Gasteiger partial charge in [0, 0.05) is 18.1 Å². The number of hydrogen-bond donors (Lipinski definition) is 1. The van der Waals surface area contributed by atoms with Crippen LogP contribution < -0.4 is 4.74 Å². The van der Waals surface area contributed by atoms with Crippen molar-refractivity contribution < 1.29 is 9.84 Å². The predicted molar refractivity (Wildman–Crippen MR) is 109 cm³/mol. The lowest BCUT2D eigenvalue weighted by Gasteiger charge is -2.07. The average molecular weight is 377 g/mol. The first-order chi connectivity index (χ1) is 13.1. The minimum atomic E-state index is 0.103. The van der Waals surface area contributed by atoms with Gasteiger partial charge in [-0.3, -0.25) is 0 Å². The van der Waals surface area contributed by atoms with Crippen molar-refractivity contribution in [3.63, 3.8) is 0 Å². The Bertz CT molecular complexity index is 1160. The number of phenols is 1. The first-order valence-electron chi connectivity index (χ1n) is 8.50. The van der Waals surface area contributed by atoms with Crippen LogP contribution in [0.25, 0.3) is 22.7 Å². The van der Waals surface area contributed by atoms with Crippen molar-refractivity contribution in [2.45, 2.75) is 6.92 Å². The van der Waals surface area contributed by atoms with Gasteiger partial charge in [0.1, 0.15) is 10.8 Å². The molecule has 0 saturated carbocycles. The number of para-hydroxylation sites is 2. The molecule has 0 aliphatic heterocycles. The van der Waals surface area contributed by atoms with Crippen LogP contribution in [0.3, 0.4) is 0 Å². The molecule has 4 aromatic rings. The maximum Gasteiger partial charge on any atom is 0.160 e. The zero-order valence-corrected chi connectivity index (χ0v) is 16.1. The highest BCUT2D eigenvalue weighted by atomic mass is 32.1. The van der Waals surface area contributed by atoms with E-state index in [1.54, 1.807) is 23.5 Å². The highest BCUT2D eigenvalue weighted by Crippen LogP contribution is 2.32. The van der Waals surface area contributed by atoms with Gasteiger partial charge in [0.05, 0.1) is 23.7 Å². The number of thiazole rings is 1. The number of aryl methyl sites for hydroxylation is 2. The Balaban J connectivity index is 1.92. The average Bonchev–Trinajstić information content (AvgIpc) is 3.24. The van der Waals surface area contributed by atoms with Crippen molar-refractivity contribution in [2.24, 2.45) is 7.05 Å². The Morgan fingerprint density at radius 1 is 1.19 bits per heavy atom. The van der Waals surface area contributed by atoms with Crippen LogP contribution in [0.5, 0.6) is 11.5 Å². The summed E-state index contributed by atoms with van der Waals surface area (Å²) >= 11 is 1.58. The molecule has 2 heterocycles. The van der Waals surface area contributed by atoms with E-state index in [1.807, 2.05) is 49.7 Å². The van der Waals surface area contributed by atoms with Crippen LogP contribution >= 0.6 is 11.3 Å². The van der Waals surface area contributed by atoms with E-state index in [0.717, 1.165) is 38.7 Å². The van der Waals surface area contributed by atoms with Crippen molar-refractivity contribution in [2.75, 3.05) is 7.11 Å². The zero-order chi connectivity index (χ0) is 19.0. The number of rotatable bonds is 4. The molecule has 0 radical (unpaired) electrons.